The predicted octanol–water partition coefficient (Wildman–Crippen LogP) is 4.60. The average Bonchev–Trinajstić information content (AvgIpc) is 3.31. The van der Waals surface area contributed by atoms with Gasteiger partial charge in [-0.15, -0.1) is 0 Å². The minimum Gasteiger partial charge on any atom is -0.387 e. The smallest absolute Gasteiger partial charge is 0.137 e. The fourth-order valence-electron chi connectivity index (χ4n) is 4.94. The molecule has 1 saturated carbocycles. The monoisotopic (exact) mass is 375 g/mol. The van der Waals surface area contributed by atoms with Crippen molar-refractivity contribution in [1.29, 1.82) is 0 Å². The molecule has 4 rings (SSSR count). The number of benzene rings is 2. The van der Waals surface area contributed by atoms with Crippen molar-refractivity contribution in [3.8, 4) is 11.1 Å². The van der Waals surface area contributed by atoms with Crippen LogP contribution in [0.5, 0.6) is 0 Å². The Morgan fingerprint density at radius 1 is 1.04 bits per heavy atom. The first-order valence-corrected chi connectivity index (χ1v) is 10.3. The van der Waals surface area contributed by atoms with Gasteiger partial charge in [-0.3, -0.25) is 4.68 Å². The van der Waals surface area contributed by atoms with E-state index >= 15 is 0 Å². The fourth-order valence-corrected chi connectivity index (χ4v) is 4.94. The molecular formula is C24H29N3O. The Morgan fingerprint density at radius 2 is 1.75 bits per heavy atom. The van der Waals surface area contributed by atoms with Crippen LogP contribution in [0.1, 0.15) is 32.3 Å². The van der Waals surface area contributed by atoms with E-state index in [4.69, 9.17) is 0 Å². The molecule has 0 aliphatic heterocycles. The first-order chi connectivity index (χ1) is 13.6. The molecule has 1 heterocycles. The highest BCUT2D eigenvalue weighted by atomic mass is 16.3. The Hall–Kier alpha value is -2.46. The van der Waals surface area contributed by atoms with Crippen LogP contribution in [0.15, 0.2) is 67.3 Å². The van der Waals surface area contributed by atoms with Crippen LogP contribution in [0.2, 0.25) is 0 Å². The summed E-state index contributed by atoms with van der Waals surface area (Å²) in [6, 6.07) is 19.2. The lowest BCUT2D eigenvalue weighted by Gasteiger charge is -2.37. The van der Waals surface area contributed by atoms with Crippen molar-refractivity contribution in [3.05, 3.63) is 72.8 Å². The minimum absolute atomic E-state index is 0.228. The van der Waals surface area contributed by atoms with Gasteiger partial charge < -0.3 is 5.11 Å². The number of rotatable bonds is 6. The van der Waals surface area contributed by atoms with Gasteiger partial charge in [-0.2, -0.15) is 5.10 Å². The molecule has 0 amide bonds. The first-order valence-electron chi connectivity index (χ1n) is 10.3. The van der Waals surface area contributed by atoms with Crippen LogP contribution < -0.4 is 0 Å². The van der Waals surface area contributed by atoms with Crippen LogP contribution in [0, 0.1) is 17.8 Å². The van der Waals surface area contributed by atoms with Crippen LogP contribution in [0.3, 0.4) is 0 Å². The van der Waals surface area contributed by atoms with Gasteiger partial charge in [0.25, 0.3) is 0 Å². The Labute approximate surface area is 167 Å². The van der Waals surface area contributed by atoms with Crippen LogP contribution in [-0.2, 0) is 13.0 Å². The van der Waals surface area contributed by atoms with Gasteiger partial charge in [0.05, 0.1) is 12.1 Å². The molecule has 1 N–H and O–H groups in total. The molecular weight excluding hydrogens is 346 g/mol. The number of aromatic nitrogens is 3. The lowest BCUT2D eigenvalue weighted by atomic mass is 9.76. The third-order valence-corrected chi connectivity index (χ3v) is 6.40. The molecule has 1 aliphatic carbocycles. The summed E-state index contributed by atoms with van der Waals surface area (Å²) in [6.45, 7) is 4.95. The zero-order valence-corrected chi connectivity index (χ0v) is 16.7. The third-order valence-electron chi connectivity index (χ3n) is 6.40. The minimum atomic E-state index is -0.750. The second-order valence-corrected chi connectivity index (χ2v) is 8.48. The molecule has 146 valence electrons. The molecule has 0 spiro atoms. The Kier molecular flexibility index (Phi) is 5.31. The van der Waals surface area contributed by atoms with Gasteiger partial charge in [0.1, 0.15) is 12.7 Å². The van der Waals surface area contributed by atoms with E-state index in [2.05, 4.69) is 72.5 Å². The highest BCUT2D eigenvalue weighted by Crippen LogP contribution is 2.46. The van der Waals surface area contributed by atoms with Crippen molar-refractivity contribution in [3.63, 3.8) is 0 Å². The molecule has 0 bridgehead atoms. The molecule has 1 fully saturated rings. The van der Waals surface area contributed by atoms with Gasteiger partial charge in [-0.1, -0.05) is 68.4 Å². The van der Waals surface area contributed by atoms with E-state index in [9.17, 15) is 5.11 Å². The van der Waals surface area contributed by atoms with Crippen molar-refractivity contribution in [2.24, 2.45) is 17.8 Å². The Balaban J connectivity index is 1.54. The van der Waals surface area contributed by atoms with E-state index in [-0.39, 0.29) is 11.8 Å². The molecule has 0 radical (unpaired) electrons. The number of hydrogen-bond donors (Lipinski definition) is 1. The summed E-state index contributed by atoms with van der Waals surface area (Å²) in [4.78, 5) is 4.05. The van der Waals surface area contributed by atoms with Crippen LogP contribution in [0.4, 0.5) is 0 Å². The highest BCUT2D eigenvalue weighted by Gasteiger charge is 2.50. The summed E-state index contributed by atoms with van der Waals surface area (Å²) in [6.07, 6.45) is 6.26. The fraction of sp³-hybridized carbons (Fsp3) is 0.417. The maximum absolute atomic E-state index is 11.8. The number of hydrogen-bond acceptors (Lipinski definition) is 3. The predicted molar refractivity (Wildman–Crippen MR) is 112 cm³/mol. The van der Waals surface area contributed by atoms with E-state index in [0.29, 0.717) is 12.5 Å². The quantitative estimate of drug-likeness (QED) is 0.685. The van der Waals surface area contributed by atoms with Crippen molar-refractivity contribution in [2.45, 2.75) is 45.3 Å². The van der Waals surface area contributed by atoms with Crippen molar-refractivity contribution in [1.82, 2.24) is 14.8 Å². The zero-order valence-electron chi connectivity index (χ0n) is 16.7. The van der Waals surface area contributed by atoms with Crippen LogP contribution >= 0.6 is 0 Å². The third kappa shape index (κ3) is 3.74. The second-order valence-electron chi connectivity index (χ2n) is 8.48. The van der Waals surface area contributed by atoms with Crippen LogP contribution in [-0.4, -0.2) is 25.5 Å². The number of nitrogens with zero attached hydrogens (tertiary/aromatic N) is 3. The van der Waals surface area contributed by atoms with E-state index in [0.717, 1.165) is 19.3 Å². The van der Waals surface area contributed by atoms with Gasteiger partial charge in [-0.25, -0.2) is 4.98 Å². The largest absolute Gasteiger partial charge is 0.387 e. The summed E-state index contributed by atoms with van der Waals surface area (Å²) in [5, 5.41) is 16.0. The summed E-state index contributed by atoms with van der Waals surface area (Å²) >= 11 is 0. The first kappa shape index (κ1) is 18.9. The molecule has 4 heteroatoms. The van der Waals surface area contributed by atoms with Gasteiger partial charge >= 0.3 is 0 Å². The van der Waals surface area contributed by atoms with Crippen molar-refractivity contribution < 1.29 is 5.11 Å². The number of aliphatic hydroxyl groups is 1. The Bertz CT molecular complexity index is 874. The van der Waals surface area contributed by atoms with E-state index < -0.39 is 5.60 Å². The SMILES string of the molecule is CC(C)[C@H]1CC[C@@H](Cc2ccc(-c3ccccc3)cc2)[C@@]1(O)Cn1cncn1. The maximum Gasteiger partial charge on any atom is 0.137 e. The van der Waals surface area contributed by atoms with E-state index in [1.807, 2.05) is 6.07 Å². The molecule has 0 unspecified atom stereocenters. The molecule has 1 aromatic heterocycles. The molecule has 0 saturated heterocycles. The zero-order chi connectivity index (χ0) is 19.6. The summed E-state index contributed by atoms with van der Waals surface area (Å²) in [7, 11) is 0. The molecule has 28 heavy (non-hydrogen) atoms. The van der Waals surface area contributed by atoms with Crippen LogP contribution in [0.25, 0.3) is 11.1 Å². The summed E-state index contributed by atoms with van der Waals surface area (Å²) in [5.74, 6) is 0.955. The normalized spacial score (nSPS) is 24.7. The lowest BCUT2D eigenvalue weighted by Crippen LogP contribution is -2.46. The van der Waals surface area contributed by atoms with Gasteiger partial charge in [0.15, 0.2) is 0 Å². The van der Waals surface area contributed by atoms with Gasteiger partial charge in [-0.05, 0) is 53.7 Å². The van der Waals surface area contributed by atoms with E-state index in [1.165, 1.54) is 16.7 Å². The van der Waals surface area contributed by atoms with Gasteiger partial charge in [0.2, 0.25) is 0 Å². The van der Waals surface area contributed by atoms with Crippen molar-refractivity contribution in [2.75, 3.05) is 0 Å². The lowest BCUT2D eigenvalue weighted by molar-refractivity contribution is -0.0667. The standard InChI is InChI=1S/C24H29N3O/c1-18(2)23-13-12-22(24(23,28)15-27-17-25-16-26-27)14-19-8-10-21(11-9-19)20-6-4-3-5-7-20/h3-11,16-18,22-23,28H,12-15H2,1-2H3/t22-,23+,24-/m0/s1. The van der Waals surface area contributed by atoms with Gasteiger partial charge in [0, 0.05) is 0 Å². The highest BCUT2D eigenvalue weighted by molar-refractivity contribution is 5.63. The second kappa shape index (κ2) is 7.88. The maximum atomic E-state index is 11.8. The molecule has 2 aromatic carbocycles. The molecule has 3 atom stereocenters. The summed E-state index contributed by atoms with van der Waals surface area (Å²) in [5.41, 5.74) is 3.00. The van der Waals surface area contributed by atoms with E-state index in [1.54, 1.807) is 17.3 Å². The molecule has 4 nitrogen and oxygen atoms in total. The molecule has 1 aliphatic rings. The Morgan fingerprint density at radius 3 is 2.39 bits per heavy atom. The van der Waals surface area contributed by atoms with Crippen molar-refractivity contribution >= 4 is 0 Å². The molecule has 3 aromatic rings. The topological polar surface area (TPSA) is 50.9 Å². The average molecular weight is 376 g/mol. The summed E-state index contributed by atoms with van der Waals surface area (Å²) < 4.78 is 1.78.